The van der Waals surface area contributed by atoms with Crippen LogP contribution in [0.1, 0.15) is 0 Å². The minimum absolute atomic E-state index is 0.840. The van der Waals surface area contributed by atoms with Crippen molar-refractivity contribution in [1.82, 2.24) is 0 Å². The standard InChI is InChI=1S/C3H5BF4O4S2/c1-11-13(9)2-14(10)12-4(8)3(5,6)7/h2H2,1H3. The van der Waals surface area contributed by atoms with E-state index < -0.39 is 40.5 Å². The molecule has 4 nitrogen and oxygen atoms in total. The maximum Gasteiger partial charge on any atom is 0.628 e. The van der Waals surface area contributed by atoms with Gasteiger partial charge in [0.25, 0.3) is 0 Å². The third-order valence-electron chi connectivity index (χ3n) is 0.827. The molecule has 0 spiro atoms. The molecule has 0 bridgehead atoms. The third kappa shape index (κ3) is 5.68. The van der Waals surface area contributed by atoms with Crippen molar-refractivity contribution in [2.75, 3.05) is 12.2 Å². The molecule has 0 aromatic rings. The molecule has 2 atom stereocenters. The van der Waals surface area contributed by atoms with Crippen LogP contribution in [-0.4, -0.2) is 33.9 Å². The lowest BCUT2D eigenvalue weighted by atomic mass is 9.96. The molecule has 0 heterocycles. The van der Waals surface area contributed by atoms with Crippen molar-refractivity contribution in [3.63, 3.8) is 0 Å². The third-order valence-corrected chi connectivity index (χ3v) is 3.12. The summed E-state index contributed by atoms with van der Waals surface area (Å²) in [5, 5.41) is -0.840. The summed E-state index contributed by atoms with van der Waals surface area (Å²) in [7, 11) is -2.67. The summed E-state index contributed by atoms with van der Waals surface area (Å²) in [6, 6.07) is 0. The zero-order valence-corrected chi connectivity index (χ0v) is 8.38. The lowest BCUT2D eigenvalue weighted by molar-refractivity contribution is -0.0679. The van der Waals surface area contributed by atoms with E-state index in [0.29, 0.717) is 0 Å². The van der Waals surface area contributed by atoms with Crippen LogP contribution in [-0.2, 0) is 30.4 Å². The summed E-state index contributed by atoms with van der Waals surface area (Å²) in [6.45, 7) is 0. The fraction of sp³-hybridized carbons (Fsp3) is 1.00. The van der Waals surface area contributed by atoms with Crippen molar-refractivity contribution >= 4 is 29.4 Å². The van der Waals surface area contributed by atoms with E-state index in [0.717, 1.165) is 7.11 Å². The van der Waals surface area contributed by atoms with Gasteiger partial charge in [0.15, 0.2) is 22.2 Å². The molecule has 0 fully saturated rings. The first-order valence-corrected chi connectivity index (χ1v) is 5.45. The van der Waals surface area contributed by atoms with Gasteiger partial charge in [0.05, 0.1) is 7.11 Å². The Balaban J connectivity index is 4.01. The van der Waals surface area contributed by atoms with Crippen LogP contribution < -0.4 is 0 Å². The van der Waals surface area contributed by atoms with Crippen molar-refractivity contribution in [3.05, 3.63) is 0 Å². The summed E-state index contributed by atoms with van der Waals surface area (Å²) >= 11 is -4.71. The van der Waals surface area contributed by atoms with Gasteiger partial charge in [0.2, 0.25) is 0 Å². The summed E-state index contributed by atoms with van der Waals surface area (Å²) in [4.78, 5) is 0. The molecule has 0 aliphatic heterocycles. The normalized spacial score (nSPS) is 16.4. The number of rotatable bonds is 5. The van der Waals surface area contributed by atoms with Crippen molar-refractivity contribution in [3.8, 4) is 0 Å². The van der Waals surface area contributed by atoms with Crippen LogP contribution in [0.3, 0.4) is 0 Å². The maximum atomic E-state index is 12.0. The molecule has 0 aromatic heterocycles. The molecule has 0 N–H and O–H groups in total. The average molecular weight is 256 g/mol. The van der Waals surface area contributed by atoms with Crippen molar-refractivity contribution < 1.29 is 34.2 Å². The molecular weight excluding hydrogens is 251 g/mol. The van der Waals surface area contributed by atoms with Gasteiger partial charge in [-0.05, 0) is 0 Å². The van der Waals surface area contributed by atoms with E-state index >= 15 is 0 Å². The molecule has 84 valence electrons. The van der Waals surface area contributed by atoms with Crippen LogP contribution in [0.5, 0.6) is 0 Å². The van der Waals surface area contributed by atoms with E-state index in [4.69, 9.17) is 0 Å². The topological polar surface area (TPSA) is 52.6 Å². The Hall–Kier alpha value is 0.00494. The van der Waals surface area contributed by atoms with Crippen LogP contribution in [0, 0.1) is 0 Å². The highest BCUT2D eigenvalue weighted by atomic mass is 32.3. The second kappa shape index (κ2) is 5.78. The molecule has 0 rings (SSSR count). The Bertz CT molecular complexity index is 233. The molecule has 0 amide bonds. The molecule has 0 saturated carbocycles. The Morgan fingerprint density at radius 2 is 1.79 bits per heavy atom. The highest BCUT2D eigenvalue weighted by molar-refractivity contribution is 7.97. The lowest BCUT2D eigenvalue weighted by Crippen LogP contribution is -2.34. The predicted octanol–water partition coefficient (Wildman–Crippen LogP) is 0.493. The second-order valence-electron chi connectivity index (χ2n) is 1.85. The first-order valence-electron chi connectivity index (χ1n) is 2.96. The van der Waals surface area contributed by atoms with E-state index in [-0.39, 0.29) is 0 Å². The smallest absolute Gasteiger partial charge is 0.308 e. The molecule has 0 radical (unpaired) electrons. The zero-order chi connectivity index (χ0) is 11.4. The Morgan fingerprint density at radius 1 is 1.29 bits per heavy atom. The molecule has 0 saturated heterocycles. The highest BCUT2D eigenvalue weighted by Crippen LogP contribution is 2.21. The summed E-state index contributed by atoms with van der Waals surface area (Å²) < 4.78 is 75.0. The van der Waals surface area contributed by atoms with E-state index in [2.05, 4.69) is 8.28 Å². The number of hydrogen-bond acceptors (Lipinski definition) is 4. The SMILES string of the molecule is COS(=O)CS(=O)OB(F)C(F)(F)F. The van der Waals surface area contributed by atoms with Crippen LogP contribution in [0.4, 0.5) is 17.5 Å². The van der Waals surface area contributed by atoms with E-state index in [1.165, 1.54) is 0 Å². The van der Waals surface area contributed by atoms with E-state index in [1.807, 2.05) is 0 Å². The molecular formula is C3H5BF4O4S2. The van der Waals surface area contributed by atoms with Crippen LogP contribution in [0.2, 0.25) is 0 Å². The summed E-state index contributed by atoms with van der Waals surface area (Å²) in [5.41, 5.74) is 0. The maximum absolute atomic E-state index is 12.0. The summed E-state index contributed by atoms with van der Waals surface area (Å²) in [5.74, 6) is 0. The zero-order valence-electron chi connectivity index (χ0n) is 6.75. The fourth-order valence-electron chi connectivity index (χ4n) is 0.303. The van der Waals surface area contributed by atoms with Gasteiger partial charge in [0.1, 0.15) is 5.08 Å². The van der Waals surface area contributed by atoms with Crippen molar-refractivity contribution in [2.45, 2.75) is 6.08 Å². The Labute approximate surface area is 82.4 Å². The quantitative estimate of drug-likeness (QED) is 0.530. The van der Waals surface area contributed by atoms with Gasteiger partial charge in [-0.3, -0.25) is 8.50 Å². The molecule has 0 aliphatic rings. The summed E-state index contributed by atoms with van der Waals surface area (Å²) in [6.07, 6.45) is -5.25. The van der Waals surface area contributed by atoms with Gasteiger partial charge in [-0.1, -0.05) is 0 Å². The average Bonchev–Trinajstić information content (AvgIpc) is 2.02. The van der Waals surface area contributed by atoms with E-state index in [9.17, 15) is 25.9 Å². The molecule has 0 aliphatic carbocycles. The second-order valence-corrected chi connectivity index (χ2v) is 4.53. The first kappa shape index (κ1) is 14.0. The highest BCUT2D eigenvalue weighted by Gasteiger charge is 2.50. The van der Waals surface area contributed by atoms with Crippen LogP contribution in [0.15, 0.2) is 0 Å². The van der Waals surface area contributed by atoms with Crippen molar-refractivity contribution in [2.24, 2.45) is 0 Å². The molecule has 11 heteroatoms. The molecule has 0 aromatic carbocycles. The number of alkyl halides is 3. The van der Waals surface area contributed by atoms with E-state index in [1.54, 1.807) is 0 Å². The molecule has 14 heavy (non-hydrogen) atoms. The Morgan fingerprint density at radius 3 is 2.14 bits per heavy atom. The monoisotopic (exact) mass is 256 g/mol. The minimum atomic E-state index is -5.25. The Kier molecular flexibility index (Phi) is 5.78. The first-order chi connectivity index (χ1) is 6.27. The predicted molar refractivity (Wildman–Crippen MR) is 42.2 cm³/mol. The van der Waals surface area contributed by atoms with Gasteiger partial charge in [-0.2, -0.15) is 13.2 Å². The number of hydrogen-bond donors (Lipinski definition) is 0. The van der Waals surface area contributed by atoms with Gasteiger partial charge in [-0.25, -0.2) is 8.42 Å². The van der Waals surface area contributed by atoms with Gasteiger partial charge in [-0.15, -0.1) is 0 Å². The largest absolute Gasteiger partial charge is 0.628 e. The fourth-order valence-corrected chi connectivity index (χ4v) is 1.84. The van der Waals surface area contributed by atoms with Crippen molar-refractivity contribution in [1.29, 1.82) is 0 Å². The van der Waals surface area contributed by atoms with Gasteiger partial charge in [0, 0.05) is 0 Å². The minimum Gasteiger partial charge on any atom is -0.308 e. The lowest BCUT2D eigenvalue weighted by Gasteiger charge is -2.07. The van der Waals surface area contributed by atoms with Gasteiger partial charge < -0.3 is 4.10 Å². The van der Waals surface area contributed by atoms with Crippen LogP contribution in [0.25, 0.3) is 0 Å². The van der Waals surface area contributed by atoms with Gasteiger partial charge >= 0.3 is 13.3 Å². The number of halogens is 4. The van der Waals surface area contributed by atoms with Crippen LogP contribution >= 0.6 is 0 Å². The molecule has 2 unspecified atom stereocenters.